The standard InChI is InChI=1S/C14H17NO4S/c16-11-4-2-1-3-10(11)15-14(19)12-7-5-9(20-12)6-8-13(17)18/h5-8,10-11,16H,1-4H2,(H,15,19)(H,17,18). The molecule has 108 valence electrons. The molecule has 0 bridgehead atoms. The van der Waals surface area contributed by atoms with E-state index in [0.29, 0.717) is 9.75 Å². The molecule has 2 rings (SSSR count). The smallest absolute Gasteiger partial charge is 0.328 e. The van der Waals surface area contributed by atoms with E-state index in [0.717, 1.165) is 31.8 Å². The van der Waals surface area contributed by atoms with Gasteiger partial charge >= 0.3 is 5.97 Å². The zero-order valence-electron chi connectivity index (χ0n) is 10.9. The molecule has 1 fully saturated rings. The Labute approximate surface area is 120 Å². The molecule has 0 spiro atoms. The summed E-state index contributed by atoms with van der Waals surface area (Å²) in [6, 6.07) is 3.18. The molecule has 0 aromatic carbocycles. The topological polar surface area (TPSA) is 86.6 Å². The summed E-state index contributed by atoms with van der Waals surface area (Å²) in [5.74, 6) is -1.23. The van der Waals surface area contributed by atoms with E-state index in [2.05, 4.69) is 5.32 Å². The molecule has 1 aromatic rings. The van der Waals surface area contributed by atoms with Crippen LogP contribution >= 0.6 is 11.3 Å². The van der Waals surface area contributed by atoms with Crippen LogP contribution in [0.2, 0.25) is 0 Å². The highest BCUT2D eigenvalue weighted by Crippen LogP contribution is 2.21. The van der Waals surface area contributed by atoms with Gasteiger partial charge in [-0.05, 0) is 31.1 Å². The molecule has 0 aliphatic heterocycles. The van der Waals surface area contributed by atoms with Gasteiger partial charge in [-0.15, -0.1) is 11.3 Å². The predicted molar refractivity (Wildman–Crippen MR) is 76.7 cm³/mol. The molecule has 1 heterocycles. The van der Waals surface area contributed by atoms with Crippen LogP contribution in [0.5, 0.6) is 0 Å². The van der Waals surface area contributed by atoms with E-state index in [4.69, 9.17) is 5.11 Å². The predicted octanol–water partition coefficient (Wildman–Crippen LogP) is 1.88. The number of nitrogens with one attached hydrogen (secondary N) is 1. The largest absolute Gasteiger partial charge is 0.478 e. The van der Waals surface area contributed by atoms with Crippen LogP contribution in [0.3, 0.4) is 0 Å². The number of aliphatic hydroxyl groups excluding tert-OH is 1. The SMILES string of the molecule is O=C(O)C=Cc1ccc(C(=O)NC2CCCCC2O)s1. The molecule has 20 heavy (non-hydrogen) atoms. The van der Waals surface area contributed by atoms with E-state index in [1.54, 1.807) is 12.1 Å². The quantitative estimate of drug-likeness (QED) is 0.740. The Kier molecular flexibility index (Phi) is 4.92. The Balaban J connectivity index is 1.97. The molecule has 1 aliphatic carbocycles. The van der Waals surface area contributed by atoms with Crippen LogP contribution in [-0.4, -0.2) is 34.2 Å². The van der Waals surface area contributed by atoms with Crippen molar-refractivity contribution in [1.29, 1.82) is 0 Å². The second-order valence-corrected chi connectivity index (χ2v) is 5.92. The fourth-order valence-electron chi connectivity index (χ4n) is 2.24. The van der Waals surface area contributed by atoms with Crippen LogP contribution in [0.25, 0.3) is 6.08 Å². The molecule has 1 saturated carbocycles. The second kappa shape index (κ2) is 6.67. The number of aliphatic hydroxyl groups is 1. The van der Waals surface area contributed by atoms with Crippen molar-refractivity contribution >= 4 is 29.3 Å². The minimum absolute atomic E-state index is 0.184. The third-order valence-electron chi connectivity index (χ3n) is 3.29. The van der Waals surface area contributed by atoms with E-state index >= 15 is 0 Å². The van der Waals surface area contributed by atoms with Gasteiger partial charge in [0.05, 0.1) is 17.0 Å². The second-order valence-electron chi connectivity index (χ2n) is 4.81. The van der Waals surface area contributed by atoms with Crippen molar-refractivity contribution in [3.05, 3.63) is 28.0 Å². The van der Waals surface area contributed by atoms with Crippen LogP contribution in [-0.2, 0) is 4.79 Å². The fraction of sp³-hybridized carbons (Fsp3) is 0.429. The summed E-state index contributed by atoms with van der Waals surface area (Å²) < 4.78 is 0. The van der Waals surface area contributed by atoms with Gasteiger partial charge in [-0.25, -0.2) is 4.79 Å². The van der Waals surface area contributed by atoms with Gasteiger partial charge in [0.2, 0.25) is 0 Å². The van der Waals surface area contributed by atoms with E-state index in [1.807, 2.05) is 0 Å². The molecule has 3 N–H and O–H groups in total. The van der Waals surface area contributed by atoms with E-state index in [1.165, 1.54) is 17.4 Å². The van der Waals surface area contributed by atoms with E-state index in [-0.39, 0.29) is 11.9 Å². The van der Waals surface area contributed by atoms with Crippen LogP contribution < -0.4 is 5.32 Å². The Hall–Kier alpha value is -1.66. The number of aliphatic carboxylic acids is 1. The molecular weight excluding hydrogens is 278 g/mol. The number of amides is 1. The maximum atomic E-state index is 12.1. The molecule has 1 aliphatic rings. The molecule has 2 atom stereocenters. The van der Waals surface area contributed by atoms with Crippen LogP contribution in [0.15, 0.2) is 18.2 Å². The van der Waals surface area contributed by atoms with Gasteiger partial charge in [0.15, 0.2) is 0 Å². The summed E-state index contributed by atoms with van der Waals surface area (Å²) in [4.78, 5) is 23.7. The molecule has 1 amide bonds. The minimum Gasteiger partial charge on any atom is -0.478 e. The van der Waals surface area contributed by atoms with Crippen molar-refractivity contribution in [2.45, 2.75) is 37.8 Å². The van der Waals surface area contributed by atoms with Crippen molar-refractivity contribution in [3.8, 4) is 0 Å². The van der Waals surface area contributed by atoms with E-state index < -0.39 is 12.1 Å². The summed E-state index contributed by atoms with van der Waals surface area (Å²) in [5.41, 5.74) is 0. The monoisotopic (exact) mass is 295 g/mol. The van der Waals surface area contributed by atoms with Gasteiger partial charge in [-0.1, -0.05) is 12.8 Å². The van der Waals surface area contributed by atoms with E-state index in [9.17, 15) is 14.7 Å². The van der Waals surface area contributed by atoms with Crippen LogP contribution in [0.1, 0.15) is 40.2 Å². The lowest BCUT2D eigenvalue weighted by atomic mass is 9.92. The van der Waals surface area contributed by atoms with Crippen molar-refractivity contribution in [3.63, 3.8) is 0 Å². The number of rotatable bonds is 4. The number of carbonyl (C=O) groups is 2. The zero-order valence-corrected chi connectivity index (χ0v) is 11.7. The highest BCUT2D eigenvalue weighted by Gasteiger charge is 2.25. The number of carbonyl (C=O) groups excluding carboxylic acids is 1. The third kappa shape index (κ3) is 3.91. The Morgan fingerprint density at radius 2 is 2.05 bits per heavy atom. The molecule has 0 saturated heterocycles. The molecule has 1 aromatic heterocycles. The minimum atomic E-state index is -1.02. The normalized spacial score (nSPS) is 22.9. The summed E-state index contributed by atoms with van der Waals surface area (Å²) in [6.07, 6.45) is 5.55. The molecule has 5 nitrogen and oxygen atoms in total. The van der Waals surface area contributed by atoms with Gasteiger partial charge in [0.1, 0.15) is 0 Å². The first-order valence-electron chi connectivity index (χ1n) is 6.56. The van der Waals surface area contributed by atoms with Gasteiger partial charge in [0.25, 0.3) is 5.91 Å². The summed E-state index contributed by atoms with van der Waals surface area (Å²) in [7, 11) is 0. The average molecular weight is 295 g/mol. The summed E-state index contributed by atoms with van der Waals surface area (Å²) in [6.45, 7) is 0. The molecule has 0 radical (unpaired) electrons. The number of hydrogen-bond donors (Lipinski definition) is 3. The van der Waals surface area contributed by atoms with Crippen molar-refractivity contribution in [1.82, 2.24) is 5.32 Å². The summed E-state index contributed by atoms with van der Waals surface area (Å²) >= 11 is 1.23. The van der Waals surface area contributed by atoms with Crippen molar-refractivity contribution in [2.75, 3.05) is 0 Å². The highest BCUT2D eigenvalue weighted by molar-refractivity contribution is 7.14. The zero-order chi connectivity index (χ0) is 14.5. The Morgan fingerprint density at radius 3 is 2.75 bits per heavy atom. The third-order valence-corrected chi connectivity index (χ3v) is 4.34. The van der Waals surface area contributed by atoms with Crippen LogP contribution in [0, 0.1) is 0 Å². The fourth-order valence-corrected chi connectivity index (χ4v) is 3.05. The number of carboxylic acids is 1. The lowest BCUT2D eigenvalue weighted by Crippen LogP contribution is -2.44. The molecular formula is C14H17NO4S. The molecule has 2 unspecified atom stereocenters. The first kappa shape index (κ1) is 14.7. The number of thiophene rings is 1. The Bertz CT molecular complexity index is 523. The van der Waals surface area contributed by atoms with Crippen molar-refractivity contribution in [2.24, 2.45) is 0 Å². The summed E-state index contributed by atoms with van der Waals surface area (Å²) in [5, 5.41) is 21.2. The van der Waals surface area contributed by atoms with Gasteiger partial charge in [0, 0.05) is 11.0 Å². The average Bonchev–Trinajstić information content (AvgIpc) is 2.88. The number of hydrogen-bond acceptors (Lipinski definition) is 4. The van der Waals surface area contributed by atoms with Crippen LogP contribution in [0.4, 0.5) is 0 Å². The maximum absolute atomic E-state index is 12.1. The van der Waals surface area contributed by atoms with Crippen molar-refractivity contribution < 1.29 is 19.8 Å². The van der Waals surface area contributed by atoms with Gasteiger partial charge in [-0.2, -0.15) is 0 Å². The lowest BCUT2D eigenvalue weighted by molar-refractivity contribution is -0.131. The molecule has 6 heteroatoms. The lowest BCUT2D eigenvalue weighted by Gasteiger charge is -2.28. The maximum Gasteiger partial charge on any atom is 0.328 e. The first-order valence-corrected chi connectivity index (χ1v) is 7.37. The van der Waals surface area contributed by atoms with Gasteiger partial charge in [-0.3, -0.25) is 4.79 Å². The highest BCUT2D eigenvalue weighted by atomic mass is 32.1. The number of carboxylic acid groups (broad SMARTS) is 1. The first-order chi connectivity index (χ1) is 9.56. The Morgan fingerprint density at radius 1 is 1.30 bits per heavy atom. The van der Waals surface area contributed by atoms with Gasteiger partial charge < -0.3 is 15.5 Å².